The number of ketones is 3. The normalized spacial score (nSPS) is 28.9. The smallest absolute Gasteiger partial charge is 0.151 e. The van der Waals surface area contributed by atoms with Gasteiger partial charge in [0.15, 0.2) is 17.3 Å². The molecule has 1 fully saturated rings. The van der Waals surface area contributed by atoms with Crippen molar-refractivity contribution in [1.29, 1.82) is 0 Å². The molecule has 2 aliphatic carbocycles. The highest BCUT2D eigenvalue weighted by Crippen LogP contribution is 2.47. The van der Waals surface area contributed by atoms with Gasteiger partial charge < -0.3 is 0 Å². The molecule has 0 aromatic carbocycles. The molecule has 0 unspecified atom stereocenters. The Bertz CT molecular complexity index is 507. The Labute approximate surface area is 133 Å². The van der Waals surface area contributed by atoms with Crippen LogP contribution in [-0.2, 0) is 14.4 Å². The summed E-state index contributed by atoms with van der Waals surface area (Å²) < 4.78 is 0. The molecule has 0 N–H and O–H groups in total. The van der Waals surface area contributed by atoms with Gasteiger partial charge in [0.1, 0.15) is 5.92 Å². The molecule has 0 aromatic heterocycles. The maximum atomic E-state index is 12.4. The van der Waals surface area contributed by atoms with E-state index >= 15 is 0 Å². The Morgan fingerprint density at radius 3 is 2.27 bits per heavy atom. The van der Waals surface area contributed by atoms with Gasteiger partial charge in [0.2, 0.25) is 0 Å². The molecule has 0 spiro atoms. The van der Waals surface area contributed by atoms with Crippen LogP contribution in [0.2, 0.25) is 0 Å². The summed E-state index contributed by atoms with van der Waals surface area (Å²) in [7, 11) is 0. The molecule has 0 aliphatic heterocycles. The quantitative estimate of drug-likeness (QED) is 0.581. The number of rotatable bonds is 4. The number of hydrogen-bond acceptors (Lipinski definition) is 3. The van der Waals surface area contributed by atoms with E-state index in [0.717, 1.165) is 12.8 Å². The average molecular weight is 304 g/mol. The van der Waals surface area contributed by atoms with Crippen LogP contribution in [0.5, 0.6) is 0 Å². The van der Waals surface area contributed by atoms with E-state index in [1.165, 1.54) is 17.6 Å². The van der Waals surface area contributed by atoms with Gasteiger partial charge in [0.25, 0.3) is 0 Å². The Morgan fingerprint density at radius 1 is 1.18 bits per heavy atom. The Kier molecular flexibility index (Phi) is 5.03. The zero-order chi connectivity index (χ0) is 16.5. The Balaban J connectivity index is 2.23. The molecule has 0 radical (unpaired) electrons. The summed E-state index contributed by atoms with van der Waals surface area (Å²) in [6.45, 7) is 8.47. The molecule has 0 amide bonds. The molecule has 0 atom stereocenters. The zero-order valence-corrected chi connectivity index (χ0v) is 14.3. The third-order valence-electron chi connectivity index (χ3n) is 5.31. The summed E-state index contributed by atoms with van der Waals surface area (Å²) >= 11 is 0. The Hall–Kier alpha value is -1.25. The van der Waals surface area contributed by atoms with Crippen molar-refractivity contribution >= 4 is 17.3 Å². The van der Waals surface area contributed by atoms with Crippen molar-refractivity contribution in [2.24, 2.45) is 17.3 Å². The summed E-state index contributed by atoms with van der Waals surface area (Å²) in [5, 5.41) is 0. The zero-order valence-electron chi connectivity index (χ0n) is 14.3. The van der Waals surface area contributed by atoms with E-state index in [1.807, 2.05) is 6.92 Å². The van der Waals surface area contributed by atoms with Crippen molar-refractivity contribution in [1.82, 2.24) is 0 Å². The number of hydrogen-bond donors (Lipinski definition) is 0. The first kappa shape index (κ1) is 17.1. The largest absolute Gasteiger partial charge is 0.298 e. The SMILES string of the molecule is CCCC(=O)C1C(=O)CC(C2=C(C)CCCC2(C)C)CC1=O. The highest BCUT2D eigenvalue weighted by Gasteiger charge is 2.43. The van der Waals surface area contributed by atoms with Crippen LogP contribution in [0.3, 0.4) is 0 Å². The van der Waals surface area contributed by atoms with Crippen LogP contribution < -0.4 is 0 Å². The topological polar surface area (TPSA) is 51.2 Å². The molecular weight excluding hydrogens is 276 g/mol. The van der Waals surface area contributed by atoms with Gasteiger partial charge in [0.05, 0.1) is 0 Å². The van der Waals surface area contributed by atoms with Crippen LogP contribution in [-0.4, -0.2) is 17.3 Å². The van der Waals surface area contributed by atoms with Gasteiger partial charge in [-0.2, -0.15) is 0 Å². The predicted octanol–water partition coefficient (Wildman–Crippen LogP) is 4.05. The molecule has 122 valence electrons. The summed E-state index contributed by atoms with van der Waals surface area (Å²) in [4.78, 5) is 36.9. The lowest BCUT2D eigenvalue weighted by Gasteiger charge is -2.40. The lowest BCUT2D eigenvalue weighted by atomic mass is 9.63. The van der Waals surface area contributed by atoms with Gasteiger partial charge in [-0.05, 0) is 43.9 Å². The fraction of sp³-hybridized carbons (Fsp3) is 0.737. The predicted molar refractivity (Wildman–Crippen MR) is 86.5 cm³/mol. The van der Waals surface area contributed by atoms with E-state index < -0.39 is 5.92 Å². The van der Waals surface area contributed by atoms with Crippen LogP contribution >= 0.6 is 0 Å². The minimum Gasteiger partial charge on any atom is -0.298 e. The van der Waals surface area contributed by atoms with Crippen LogP contribution in [0, 0.1) is 17.3 Å². The highest BCUT2D eigenvalue weighted by molar-refractivity contribution is 6.20. The van der Waals surface area contributed by atoms with Gasteiger partial charge in [-0.15, -0.1) is 0 Å². The molecule has 0 heterocycles. The summed E-state index contributed by atoms with van der Waals surface area (Å²) in [5.41, 5.74) is 2.72. The molecule has 0 saturated heterocycles. The van der Waals surface area contributed by atoms with E-state index in [1.54, 1.807) is 0 Å². The van der Waals surface area contributed by atoms with Crippen molar-refractivity contribution < 1.29 is 14.4 Å². The van der Waals surface area contributed by atoms with E-state index in [2.05, 4.69) is 20.8 Å². The van der Waals surface area contributed by atoms with Crippen LogP contribution in [0.25, 0.3) is 0 Å². The lowest BCUT2D eigenvalue weighted by molar-refractivity contribution is -0.143. The fourth-order valence-corrected chi connectivity index (χ4v) is 4.47. The molecule has 3 nitrogen and oxygen atoms in total. The maximum absolute atomic E-state index is 12.4. The molecule has 22 heavy (non-hydrogen) atoms. The van der Waals surface area contributed by atoms with Crippen LogP contribution in [0.1, 0.15) is 72.6 Å². The fourth-order valence-electron chi connectivity index (χ4n) is 4.47. The van der Waals surface area contributed by atoms with Crippen LogP contribution in [0.4, 0.5) is 0 Å². The second-order valence-electron chi connectivity index (χ2n) is 7.62. The minimum atomic E-state index is -0.969. The van der Waals surface area contributed by atoms with Gasteiger partial charge in [-0.25, -0.2) is 0 Å². The third kappa shape index (κ3) is 3.23. The first-order chi connectivity index (χ1) is 10.3. The van der Waals surface area contributed by atoms with Gasteiger partial charge in [0, 0.05) is 19.3 Å². The molecular formula is C19H28O3. The van der Waals surface area contributed by atoms with Crippen molar-refractivity contribution in [2.45, 2.75) is 72.6 Å². The lowest BCUT2D eigenvalue weighted by Crippen LogP contribution is -2.41. The van der Waals surface area contributed by atoms with Gasteiger partial charge in [-0.1, -0.05) is 31.9 Å². The molecule has 2 aliphatic rings. The summed E-state index contributed by atoms with van der Waals surface area (Å²) in [6.07, 6.45) is 5.10. The van der Waals surface area contributed by atoms with Crippen LogP contribution in [0.15, 0.2) is 11.1 Å². The number of allylic oxidation sites excluding steroid dienone is 2. The van der Waals surface area contributed by atoms with E-state index in [0.29, 0.717) is 25.7 Å². The van der Waals surface area contributed by atoms with E-state index in [-0.39, 0.29) is 28.7 Å². The third-order valence-corrected chi connectivity index (χ3v) is 5.31. The molecule has 3 heteroatoms. The standard InChI is InChI=1S/C19H28O3/c1-5-7-14(20)17-15(21)10-13(11-16(17)22)18-12(2)8-6-9-19(18,3)4/h13,17H,5-11H2,1-4H3. The number of Topliss-reactive ketones (excluding diaryl/α,β-unsaturated/α-hetero) is 3. The monoisotopic (exact) mass is 304 g/mol. The maximum Gasteiger partial charge on any atom is 0.151 e. The first-order valence-corrected chi connectivity index (χ1v) is 8.56. The first-order valence-electron chi connectivity index (χ1n) is 8.56. The highest BCUT2D eigenvalue weighted by atomic mass is 16.2. The average Bonchev–Trinajstić information content (AvgIpc) is 2.36. The molecule has 0 aromatic rings. The minimum absolute atomic E-state index is 0.0148. The van der Waals surface area contributed by atoms with E-state index in [4.69, 9.17) is 0 Å². The van der Waals surface area contributed by atoms with Gasteiger partial charge >= 0.3 is 0 Å². The van der Waals surface area contributed by atoms with E-state index in [9.17, 15) is 14.4 Å². The number of carbonyl (C=O) groups is 3. The van der Waals surface area contributed by atoms with Crippen molar-refractivity contribution in [2.75, 3.05) is 0 Å². The molecule has 1 saturated carbocycles. The molecule has 0 bridgehead atoms. The summed E-state index contributed by atoms with van der Waals surface area (Å²) in [6, 6.07) is 0. The van der Waals surface area contributed by atoms with Crippen molar-refractivity contribution in [3.8, 4) is 0 Å². The number of carbonyl (C=O) groups excluding carboxylic acids is 3. The second kappa shape index (κ2) is 6.47. The second-order valence-corrected chi connectivity index (χ2v) is 7.62. The summed E-state index contributed by atoms with van der Waals surface area (Å²) in [5.74, 6) is -1.43. The van der Waals surface area contributed by atoms with Crippen molar-refractivity contribution in [3.63, 3.8) is 0 Å². The Morgan fingerprint density at radius 2 is 1.77 bits per heavy atom. The molecule has 2 rings (SSSR count). The van der Waals surface area contributed by atoms with Gasteiger partial charge in [-0.3, -0.25) is 14.4 Å². The van der Waals surface area contributed by atoms with Crippen molar-refractivity contribution in [3.05, 3.63) is 11.1 Å².